The lowest BCUT2D eigenvalue weighted by molar-refractivity contribution is -0.121. The number of piperazine rings is 1. The fraction of sp³-hybridized carbons (Fsp3) is 0.421. The molecule has 1 fully saturated rings. The second-order valence-electron chi connectivity index (χ2n) is 6.68. The van der Waals surface area contributed by atoms with E-state index < -0.39 is 0 Å². The lowest BCUT2D eigenvalue weighted by Gasteiger charge is -2.37. The molecule has 0 saturated carbocycles. The van der Waals surface area contributed by atoms with Gasteiger partial charge in [0.05, 0.1) is 6.04 Å². The number of nitrogens with zero attached hydrogens (tertiary/aromatic N) is 2. The number of benzene rings is 1. The fourth-order valence-corrected chi connectivity index (χ4v) is 4.00. The van der Waals surface area contributed by atoms with E-state index in [-0.39, 0.29) is 18.7 Å². The summed E-state index contributed by atoms with van der Waals surface area (Å²) in [5, 5.41) is 7.31. The molecule has 1 amide bonds. The molecule has 2 aliphatic heterocycles. The molecule has 3 heterocycles. The molecule has 2 aromatic rings. The number of hydrogen-bond acceptors (Lipinski definition) is 6. The summed E-state index contributed by atoms with van der Waals surface area (Å²) < 4.78 is 10.7. The number of carbonyl (C=O) groups excluding carboxylic acids is 1. The van der Waals surface area contributed by atoms with Crippen molar-refractivity contribution in [2.24, 2.45) is 0 Å². The number of nitrogens with one attached hydrogen (secondary N) is 1. The van der Waals surface area contributed by atoms with E-state index in [1.807, 2.05) is 25.1 Å². The van der Waals surface area contributed by atoms with Gasteiger partial charge in [-0.3, -0.25) is 14.6 Å². The number of fused-ring (bicyclic) bond motifs is 1. The lowest BCUT2D eigenvalue weighted by atomic mass is 10.2. The van der Waals surface area contributed by atoms with Crippen molar-refractivity contribution in [3.8, 4) is 11.5 Å². The van der Waals surface area contributed by atoms with Crippen molar-refractivity contribution in [2.45, 2.75) is 19.5 Å². The third-order valence-electron chi connectivity index (χ3n) is 4.96. The summed E-state index contributed by atoms with van der Waals surface area (Å²) in [6.07, 6.45) is 0. The van der Waals surface area contributed by atoms with Crippen molar-refractivity contribution in [3.63, 3.8) is 0 Å². The van der Waals surface area contributed by atoms with Crippen molar-refractivity contribution >= 4 is 22.9 Å². The molecule has 0 spiro atoms. The van der Waals surface area contributed by atoms with Crippen LogP contribution in [0.2, 0.25) is 0 Å². The number of anilines is 1. The van der Waals surface area contributed by atoms with E-state index in [1.165, 1.54) is 5.56 Å². The molecular weight excluding hydrogens is 350 g/mol. The van der Waals surface area contributed by atoms with Gasteiger partial charge < -0.3 is 14.8 Å². The number of carbonyl (C=O) groups is 1. The number of amides is 1. The molecule has 26 heavy (non-hydrogen) atoms. The van der Waals surface area contributed by atoms with Crippen molar-refractivity contribution in [1.82, 2.24) is 9.80 Å². The fourth-order valence-electron chi connectivity index (χ4n) is 3.34. The maximum absolute atomic E-state index is 12.6. The summed E-state index contributed by atoms with van der Waals surface area (Å²) in [6, 6.07) is 7.50. The first-order valence-corrected chi connectivity index (χ1v) is 9.81. The Kier molecular flexibility index (Phi) is 5.10. The van der Waals surface area contributed by atoms with Crippen molar-refractivity contribution < 1.29 is 14.3 Å². The van der Waals surface area contributed by atoms with Gasteiger partial charge in [-0.15, -0.1) is 0 Å². The standard InChI is InChI=1S/C19H23N3O3S/c1-14(19(23)20-16-2-3-17-18(10-16)25-13-24-17)22-7-5-21(6-8-22)11-15-4-9-26-12-15/h2-4,9-10,12,14H,5-8,11,13H2,1H3,(H,20,23). The van der Waals surface area contributed by atoms with Crippen molar-refractivity contribution in [1.29, 1.82) is 0 Å². The van der Waals surface area contributed by atoms with Crippen molar-refractivity contribution in [2.75, 3.05) is 38.3 Å². The summed E-state index contributed by atoms with van der Waals surface area (Å²) in [4.78, 5) is 17.3. The first-order chi connectivity index (χ1) is 12.7. The van der Waals surface area contributed by atoms with Crippen LogP contribution in [0.1, 0.15) is 12.5 Å². The minimum Gasteiger partial charge on any atom is -0.454 e. The van der Waals surface area contributed by atoms with Crippen LogP contribution in [0.25, 0.3) is 0 Å². The predicted octanol–water partition coefficient (Wildman–Crippen LogP) is 2.62. The molecule has 1 aromatic heterocycles. The maximum atomic E-state index is 12.6. The summed E-state index contributed by atoms with van der Waals surface area (Å²) in [7, 11) is 0. The Morgan fingerprint density at radius 2 is 2.00 bits per heavy atom. The van der Waals surface area contributed by atoms with Gasteiger partial charge in [0.25, 0.3) is 0 Å². The molecule has 2 aliphatic rings. The number of ether oxygens (including phenoxy) is 2. The highest BCUT2D eigenvalue weighted by Gasteiger charge is 2.26. The largest absolute Gasteiger partial charge is 0.454 e. The number of hydrogen-bond donors (Lipinski definition) is 1. The van der Waals surface area contributed by atoms with Gasteiger partial charge in [0.15, 0.2) is 11.5 Å². The molecule has 1 atom stereocenters. The Labute approximate surface area is 157 Å². The molecule has 0 aliphatic carbocycles. The first-order valence-electron chi connectivity index (χ1n) is 8.87. The summed E-state index contributed by atoms with van der Waals surface area (Å²) in [5.74, 6) is 1.41. The second kappa shape index (κ2) is 7.65. The molecule has 4 rings (SSSR count). The van der Waals surface area contributed by atoms with E-state index in [1.54, 1.807) is 11.3 Å². The predicted molar refractivity (Wildman–Crippen MR) is 102 cm³/mol. The van der Waals surface area contributed by atoms with Crippen LogP contribution < -0.4 is 14.8 Å². The topological polar surface area (TPSA) is 54.0 Å². The minimum absolute atomic E-state index is 0.00940. The van der Waals surface area contributed by atoms with Gasteiger partial charge in [0.2, 0.25) is 12.7 Å². The Hall–Kier alpha value is -2.09. The zero-order valence-corrected chi connectivity index (χ0v) is 15.6. The molecular formula is C19H23N3O3S. The quantitative estimate of drug-likeness (QED) is 0.873. The highest BCUT2D eigenvalue weighted by molar-refractivity contribution is 7.07. The van der Waals surface area contributed by atoms with E-state index in [2.05, 4.69) is 31.9 Å². The highest BCUT2D eigenvalue weighted by atomic mass is 32.1. The Balaban J connectivity index is 1.29. The van der Waals surface area contributed by atoms with Crippen LogP contribution in [0.3, 0.4) is 0 Å². The van der Waals surface area contributed by atoms with Gasteiger partial charge in [0, 0.05) is 44.5 Å². The van der Waals surface area contributed by atoms with E-state index in [4.69, 9.17) is 9.47 Å². The molecule has 7 heteroatoms. The summed E-state index contributed by atoms with van der Waals surface area (Å²) >= 11 is 1.74. The third-order valence-corrected chi connectivity index (χ3v) is 5.69. The van der Waals surface area contributed by atoms with Crippen molar-refractivity contribution in [3.05, 3.63) is 40.6 Å². The van der Waals surface area contributed by atoms with E-state index >= 15 is 0 Å². The van der Waals surface area contributed by atoms with Crippen LogP contribution >= 0.6 is 11.3 Å². The number of thiophene rings is 1. The Morgan fingerprint density at radius 1 is 1.19 bits per heavy atom. The lowest BCUT2D eigenvalue weighted by Crippen LogP contribution is -2.52. The van der Waals surface area contributed by atoms with Crippen LogP contribution in [0.15, 0.2) is 35.0 Å². The molecule has 138 valence electrons. The number of rotatable bonds is 5. The minimum atomic E-state index is -0.163. The van der Waals surface area contributed by atoms with Gasteiger partial charge in [-0.25, -0.2) is 0 Å². The van der Waals surface area contributed by atoms with E-state index in [9.17, 15) is 4.79 Å². The average Bonchev–Trinajstić information content (AvgIpc) is 3.33. The summed E-state index contributed by atoms with van der Waals surface area (Å²) in [5.41, 5.74) is 2.11. The van der Waals surface area contributed by atoms with Crippen LogP contribution in [-0.2, 0) is 11.3 Å². The normalized spacial score (nSPS) is 18.7. The Bertz CT molecular complexity index is 757. The molecule has 1 N–H and O–H groups in total. The molecule has 1 unspecified atom stereocenters. The molecule has 0 bridgehead atoms. The highest BCUT2D eigenvalue weighted by Crippen LogP contribution is 2.34. The van der Waals surface area contributed by atoms with Crippen LogP contribution in [-0.4, -0.2) is 54.7 Å². The maximum Gasteiger partial charge on any atom is 0.241 e. The smallest absolute Gasteiger partial charge is 0.241 e. The zero-order valence-electron chi connectivity index (χ0n) is 14.8. The van der Waals surface area contributed by atoms with Crippen LogP contribution in [0.4, 0.5) is 5.69 Å². The van der Waals surface area contributed by atoms with E-state index in [0.717, 1.165) is 44.2 Å². The third kappa shape index (κ3) is 3.85. The molecule has 1 saturated heterocycles. The van der Waals surface area contributed by atoms with Gasteiger partial charge in [0.1, 0.15) is 0 Å². The monoisotopic (exact) mass is 373 g/mol. The van der Waals surface area contributed by atoms with Crippen LogP contribution in [0.5, 0.6) is 11.5 Å². The average molecular weight is 373 g/mol. The van der Waals surface area contributed by atoms with Gasteiger partial charge in [-0.1, -0.05) is 0 Å². The molecule has 6 nitrogen and oxygen atoms in total. The van der Waals surface area contributed by atoms with E-state index in [0.29, 0.717) is 5.75 Å². The van der Waals surface area contributed by atoms with Crippen LogP contribution in [0, 0.1) is 0 Å². The van der Waals surface area contributed by atoms with Gasteiger partial charge >= 0.3 is 0 Å². The second-order valence-corrected chi connectivity index (χ2v) is 7.46. The SMILES string of the molecule is CC(C(=O)Nc1ccc2c(c1)OCO2)N1CCN(Cc2ccsc2)CC1. The first kappa shape index (κ1) is 17.3. The zero-order chi connectivity index (χ0) is 17.9. The van der Waals surface area contributed by atoms with Gasteiger partial charge in [-0.2, -0.15) is 11.3 Å². The van der Waals surface area contributed by atoms with Gasteiger partial charge in [-0.05, 0) is 41.4 Å². The summed E-state index contributed by atoms with van der Waals surface area (Å²) in [6.45, 7) is 6.97. The molecule has 0 radical (unpaired) electrons. The Morgan fingerprint density at radius 3 is 2.77 bits per heavy atom. The molecule has 1 aromatic carbocycles.